The molecular formula is C22H24FN5O2S. The number of aryl methyl sites for hydroxylation is 2. The molecule has 4 rings (SSSR count). The fourth-order valence-electron chi connectivity index (χ4n) is 3.79. The minimum atomic E-state index is -3.67. The summed E-state index contributed by atoms with van der Waals surface area (Å²) in [5, 5.41) is 3.15. The monoisotopic (exact) mass is 441 g/mol. The van der Waals surface area contributed by atoms with Crippen molar-refractivity contribution in [3.8, 4) is 0 Å². The molecule has 0 saturated carbocycles. The van der Waals surface area contributed by atoms with E-state index in [0.717, 1.165) is 35.6 Å². The van der Waals surface area contributed by atoms with Crippen LogP contribution in [-0.2, 0) is 10.0 Å². The highest BCUT2D eigenvalue weighted by Crippen LogP contribution is 2.30. The molecule has 1 aromatic carbocycles. The van der Waals surface area contributed by atoms with Crippen LogP contribution in [0.5, 0.6) is 0 Å². The highest BCUT2D eigenvalue weighted by atomic mass is 32.2. The lowest BCUT2D eigenvalue weighted by Crippen LogP contribution is -2.39. The lowest BCUT2D eigenvalue weighted by Gasteiger charge is -2.31. The van der Waals surface area contributed by atoms with Gasteiger partial charge in [0.1, 0.15) is 5.82 Å². The number of pyridine rings is 1. The van der Waals surface area contributed by atoms with Crippen molar-refractivity contribution in [1.82, 2.24) is 19.3 Å². The SMILES string of the molecule is Cc1cc(C)nc(Nc2ccc([C@@H]3CCCN(S(=O)(=O)c4ccc(F)cc4)C3)nc2)n1. The number of nitrogens with one attached hydrogen (secondary N) is 1. The fourth-order valence-corrected chi connectivity index (χ4v) is 5.31. The van der Waals surface area contributed by atoms with Crippen molar-refractivity contribution in [2.24, 2.45) is 0 Å². The minimum absolute atomic E-state index is 0.00418. The van der Waals surface area contributed by atoms with Crippen molar-refractivity contribution in [3.05, 3.63) is 71.6 Å². The Hall–Kier alpha value is -2.91. The summed E-state index contributed by atoms with van der Waals surface area (Å²) in [5.41, 5.74) is 3.36. The number of halogens is 1. The summed E-state index contributed by atoms with van der Waals surface area (Å²) >= 11 is 0. The van der Waals surface area contributed by atoms with E-state index < -0.39 is 15.8 Å². The molecule has 0 aliphatic carbocycles. The van der Waals surface area contributed by atoms with Gasteiger partial charge in [-0.15, -0.1) is 0 Å². The molecule has 0 radical (unpaired) electrons. The lowest BCUT2D eigenvalue weighted by atomic mass is 9.95. The van der Waals surface area contributed by atoms with E-state index in [4.69, 9.17) is 0 Å². The Labute approximate surface area is 181 Å². The highest BCUT2D eigenvalue weighted by molar-refractivity contribution is 7.89. The molecule has 31 heavy (non-hydrogen) atoms. The Balaban J connectivity index is 1.47. The summed E-state index contributed by atoms with van der Waals surface area (Å²) < 4.78 is 40.5. The molecule has 9 heteroatoms. The van der Waals surface area contributed by atoms with Gasteiger partial charge < -0.3 is 5.32 Å². The van der Waals surface area contributed by atoms with Gasteiger partial charge in [0.05, 0.1) is 16.8 Å². The summed E-state index contributed by atoms with van der Waals surface area (Å²) in [6, 6.07) is 10.7. The molecule has 7 nitrogen and oxygen atoms in total. The topological polar surface area (TPSA) is 88.1 Å². The zero-order valence-corrected chi connectivity index (χ0v) is 18.2. The first kappa shape index (κ1) is 21.3. The van der Waals surface area contributed by atoms with E-state index in [2.05, 4.69) is 20.3 Å². The number of piperidine rings is 1. The summed E-state index contributed by atoms with van der Waals surface area (Å²) in [4.78, 5) is 13.4. The Morgan fingerprint density at radius 1 is 1.06 bits per heavy atom. The van der Waals surface area contributed by atoms with Crippen molar-refractivity contribution in [3.63, 3.8) is 0 Å². The normalized spacial score (nSPS) is 17.5. The first-order valence-electron chi connectivity index (χ1n) is 10.1. The molecule has 1 atom stereocenters. The molecule has 1 fully saturated rings. The van der Waals surface area contributed by atoms with E-state index in [1.807, 2.05) is 32.0 Å². The van der Waals surface area contributed by atoms with Crippen LogP contribution in [0, 0.1) is 19.7 Å². The van der Waals surface area contributed by atoms with Crippen LogP contribution in [-0.4, -0.2) is 40.8 Å². The molecule has 1 saturated heterocycles. The van der Waals surface area contributed by atoms with Crippen molar-refractivity contribution >= 4 is 21.7 Å². The van der Waals surface area contributed by atoms with Crippen LogP contribution in [0.1, 0.15) is 35.8 Å². The predicted molar refractivity (Wildman–Crippen MR) is 116 cm³/mol. The molecule has 1 N–H and O–H groups in total. The largest absolute Gasteiger partial charge is 0.323 e. The summed E-state index contributed by atoms with van der Waals surface area (Å²) in [5.74, 6) is 0.0522. The van der Waals surface area contributed by atoms with Crippen LogP contribution in [0.25, 0.3) is 0 Å². The second kappa shape index (κ2) is 8.68. The van der Waals surface area contributed by atoms with Gasteiger partial charge in [0.15, 0.2) is 0 Å². The van der Waals surface area contributed by atoms with Crippen LogP contribution in [0.15, 0.2) is 53.6 Å². The van der Waals surface area contributed by atoms with Gasteiger partial charge in [-0.05, 0) is 69.2 Å². The molecule has 3 aromatic rings. The van der Waals surface area contributed by atoms with Crippen molar-refractivity contribution in [1.29, 1.82) is 0 Å². The summed E-state index contributed by atoms with van der Waals surface area (Å²) in [6.07, 6.45) is 3.31. The molecular weight excluding hydrogens is 417 g/mol. The van der Waals surface area contributed by atoms with Gasteiger partial charge in [-0.25, -0.2) is 22.8 Å². The second-order valence-electron chi connectivity index (χ2n) is 7.73. The summed E-state index contributed by atoms with van der Waals surface area (Å²) in [7, 11) is -3.67. The molecule has 0 unspecified atom stereocenters. The van der Waals surface area contributed by atoms with Crippen molar-refractivity contribution < 1.29 is 12.8 Å². The van der Waals surface area contributed by atoms with Crippen molar-refractivity contribution in [2.75, 3.05) is 18.4 Å². The Morgan fingerprint density at radius 3 is 2.42 bits per heavy atom. The minimum Gasteiger partial charge on any atom is -0.323 e. The average molecular weight is 442 g/mol. The van der Waals surface area contributed by atoms with Gasteiger partial charge in [-0.3, -0.25) is 4.98 Å². The Kier molecular flexibility index (Phi) is 5.97. The van der Waals surface area contributed by atoms with Crippen LogP contribution < -0.4 is 5.32 Å². The molecule has 162 valence electrons. The fraction of sp³-hybridized carbons (Fsp3) is 0.318. The van der Waals surface area contributed by atoms with Gasteiger partial charge in [0.2, 0.25) is 16.0 Å². The number of benzene rings is 1. The smallest absolute Gasteiger partial charge is 0.243 e. The van der Waals surface area contributed by atoms with Gasteiger partial charge in [-0.2, -0.15) is 4.31 Å². The maximum Gasteiger partial charge on any atom is 0.243 e. The third-order valence-electron chi connectivity index (χ3n) is 5.28. The summed E-state index contributed by atoms with van der Waals surface area (Å²) in [6.45, 7) is 4.62. The molecule has 2 aromatic heterocycles. The van der Waals surface area contributed by atoms with E-state index in [-0.39, 0.29) is 10.8 Å². The highest BCUT2D eigenvalue weighted by Gasteiger charge is 2.31. The van der Waals surface area contributed by atoms with Crippen LogP contribution in [0.3, 0.4) is 0 Å². The number of rotatable bonds is 5. The zero-order chi connectivity index (χ0) is 22.0. The Bertz CT molecular complexity index is 1150. The zero-order valence-electron chi connectivity index (χ0n) is 17.4. The second-order valence-corrected chi connectivity index (χ2v) is 9.67. The molecule has 1 aliphatic rings. The number of aromatic nitrogens is 3. The average Bonchev–Trinajstić information content (AvgIpc) is 2.74. The van der Waals surface area contributed by atoms with Crippen molar-refractivity contribution in [2.45, 2.75) is 37.5 Å². The first-order valence-corrected chi connectivity index (χ1v) is 11.6. The van der Waals surface area contributed by atoms with E-state index in [1.54, 1.807) is 6.20 Å². The molecule has 0 spiro atoms. The quantitative estimate of drug-likeness (QED) is 0.645. The van der Waals surface area contributed by atoms with Gasteiger partial charge in [0, 0.05) is 36.1 Å². The third-order valence-corrected chi connectivity index (χ3v) is 7.16. The van der Waals surface area contributed by atoms with E-state index in [9.17, 15) is 12.8 Å². The van der Waals surface area contributed by atoms with Crippen LogP contribution >= 0.6 is 0 Å². The maximum atomic E-state index is 13.2. The van der Waals surface area contributed by atoms with Gasteiger partial charge >= 0.3 is 0 Å². The number of anilines is 2. The Morgan fingerprint density at radius 2 is 1.77 bits per heavy atom. The molecule has 3 heterocycles. The standard InChI is InChI=1S/C22H24FN5O2S/c1-15-12-16(2)26-22(25-15)27-19-7-10-21(24-13-19)17-4-3-11-28(14-17)31(29,30)20-8-5-18(23)6-9-20/h5-10,12-13,17H,3-4,11,14H2,1-2H3,(H,25,26,27)/t17-/m1/s1. The van der Waals surface area contributed by atoms with Gasteiger partial charge in [0.25, 0.3) is 0 Å². The molecule has 0 amide bonds. The van der Waals surface area contributed by atoms with Crippen LogP contribution in [0.4, 0.5) is 16.0 Å². The lowest BCUT2D eigenvalue weighted by molar-refractivity contribution is 0.312. The maximum absolute atomic E-state index is 13.2. The number of hydrogen-bond acceptors (Lipinski definition) is 6. The molecule has 0 bridgehead atoms. The van der Waals surface area contributed by atoms with E-state index in [0.29, 0.717) is 19.0 Å². The number of hydrogen-bond donors (Lipinski definition) is 1. The van der Waals surface area contributed by atoms with Crippen LogP contribution in [0.2, 0.25) is 0 Å². The number of nitrogens with zero attached hydrogens (tertiary/aromatic N) is 4. The predicted octanol–water partition coefficient (Wildman–Crippen LogP) is 3.94. The van der Waals surface area contributed by atoms with Gasteiger partial charge in [-0.1, -0.05) is 0 Å². The first-order chi connectivity index (χ1) is 14.8. The number of sulfonamides is 1. The van der Waals surface area contributed by atoms with E-state index in [1.165, 1.54) is 28.6 Å². The third kappa shape index (κ3) is 4.88. The van der Waals surface area contributed by atoms with E-state index >= 15 is 0 Å². The molecule has 1 aliphatic heterocycles.